The van der Waals surface area contributed by atoms with Crippen molar-refractivity contribution in [3.05, 3.63) is 46.2 Å². The lowest BCUT2D eigenvalue weighted by Gasteiger charge is -2.25. The Hall–Kier alpha value is -2.44. The highest BCUT2D eigenvalue weighted by Crippen LogP contribution is 2.41. The predicted molar refractivity (Wildman–Crippen MR) is 131 cm³/mol. The molecule has 5 aromatic heterocycles. The van der Waals surface area contributed by atoms with E-state index in [1.54, 1.807) is 27.2 Å². The summed E-state index contributed by atoms with van der Waals surface area (Å²) in [6, 6.07) is 6.22. The minimum Gasteiger partial charge on any atom is -0.379 e. The zero-order valence-corrected chi connectivity index (χ0v) is 20.6. The van der Waals surface area contributed by atoms with Gasteiger partial charge >= 0.3 is 0 Å². The fourth-order valence-electron chi connectivity index (χ4n) is 3.95. The zero-order valence-electron chi connectivity index (χ0n) is 18.2. The van der Waals surface area contributed by atoms with E-state index in [1.807, 2.05) is 19.9 Å². The first-order valence-corrected chi connectivity index (χ1v) is 13.2. The van der Waals surface area contributed by atoms with E-state index < -0.39 is 0 Å². The SMILES string of the molecule is Cc1cc(C)n2nc(Sc3nc(CN4CCOCC4)nc4scc(-c5cccs5)c34)nc2n1. The van der Waals surface area contributed by atoms with Crippen LogP contribution in [0.2, 0.25) is 0 Å². The molecule has 1 fully saturated rings. The molecule has 0 spiro atoms. The van der Waals surface area contributed by atoms with Gasteiger partial charge in [0.05, 0.1) is 25.1 Å². The average molecular weight is 496 g/mol. The van der Waals surface area contributed by atoms with Gasteiger partial charge in [-0.05, 0) is 43.1 Å². The number of hydrogen-bond acceptors (Lipinski definition) is 10. The van der Waals surface area contributed by atoms with Crippen molar-refractivity contribution in [2.24, 2.45) is 0 Å². The van der Waals surface area contributed by atoms with Crippen molar-refractivity contribution in [1.29, 1.82) is 0 Å². The molecule has 0 saturated carbocycles. The molecule has 0 aromatic carbocycles. The van der Waals surface area contributed by atoms with E-state index in [2.05, 4.69) is 37.8 Å². The van der Waals surface area contributed by atoms with Crippen molar-refractivity contribution in [2.75, 3.05) is 26.3 Å². The maximum atomic E-state index is 5.49. The molecular weight excluding hydrogens is 474 g/mol. The fourth-order valence-corrected chi connectivity index (χ4v) is 6.67. The van der Waals surface area contributed by atoms with Crippen LogP contribution in [0.25, 0.3) is 26.4 Å². The molecule has 0 N–H and O–H groups in total. The van der Waals surface area contributed by atoms with Crippen LogP contribution >= 0.6 is 34.4 Å². The Kier molecular flexibility index (Phi) is 5.59. The summed E-state index contributed by atoms with van der Waals surface area (Å²) in [5.41, 5.74) is 3.10. The molecule has 0 bridgehead atoms. The Labute approximate surface area is 202 Å². The third-order valence-corrected chi connectivity index (χ3v) is 8.11. The number of fused-ring (bicyclic) bond motifs is 2. The molecule has 8 nitrogen and oxygen atoms in total. The quantitative estimate of drug-likeness (QED) is 0.331. The first-order valence-electron chi connectivity index (χ1n) is 10.6. The van der Waals surface area contributed by atoms with Crippen molar-refractivity contribution in [2.45, 2.75) is 30.6 Å². The standard InChI is InChI=1S/C22H21N7OS3/c1-13-10-14(2)29-21(23-13)26-22(27-29)33-20-18-15(16-4-3-9-31-16)12-32-19(18)24-17(25-20)11-28-5-7-30-8-6-28/h3-4,9-10,12H,5-8,11H2,1-2H3. The van der Waals surface area contributed by atoms with Gasteiger partial charge in [0.25, 0.3) is 5.78 Å². The monoisotopic (exact) mass is 495 g/mol. The second-order valence-corrected chi connectivity index (χ2v) is 10.6. The third kappa shape index (κ3) is 4.15. The van der Waals surface area contributed by atoms with Gasteiger partial charge < -0.3 is 4.74 Å². The van der Waals surface area contributed by atoms with Crippen molar-refractivity contribution in [3.63, 3.8) is 0 Å². The normalized spacial score (nSPS) is 15.1. The molecule has 1 aliphatic rings. The summed E-state index contributed by atoms with van der Waals surface area (Å²) >= 11 is 4.87. The Morgan fingerprint density at radius 2 is 1.97 bits per heavy atom. The van der Waals surface area contributed by atoms with Crippen molar-refractivity contribution in [1.82, 2.24) is 34.4 Å². The van der Waals surface area contributed by atoms with Crippen LogP contribution < -0.4 is 0 Å². The molecule has 6 heterocycles. The van der Waals surface area contributed by atoms with Gasteiger partial charge in [-0.15, -0.1) is 27.8 Å². The highest BCUT2D eigenvalue weighted by molar-refractivity contribution is 7.99. The summed E-state index contributed by atoms with van der Waals surface area (Å²) in [4.78, 5) is 23.7. The van der Waals surface area contributed by atoms with Crippen LogP contribution in [-0.4, -0.2) is 60.8 Å². The summed E-state index contributed by atoms with van der Waals surface area (Å²) in [6.07, 6.45) is 0. The molecular formula is C22H21N7OS3. The molecule has 0 atom stereocenters. The van der Waals surface area contributed by atoms with E-state index in [9.17, 15) is 0 Å². The lowest BCUT2D eigenvalue weighted by Crippen LogP contribution is -2.36. The molecule has 1 saturated heterocycles. The molecule has 33 heavy (non-hydrogen) atoms. The van der Waals surface area contributed by atoms with E-state index in [-0.39, 0.29) is 0 Å². The van der Waals surface area contributed by atoms with Gasteiger partial charge in [-0.3, -0.25) is 4.90 Å². The Bertz CT molecular complexity index is 1440. The lowest BCUT2D eigenvalue weighted by molar-refractivity contribution is 0.0330. The Morgan fingerprint density at radius 3 is 2.79 bits per heavy atom. The first-order chi connectivity index (χ1) is 16.1. The molecule has 168 valence electrons. The number of morpholine rings is 1. The second-order valence-electron chi connectivity index (χ2n) is 7.89. The molecule has 0 aliphatic carbocycles. The van der Waals surface area contributed by atoms with Crippen LogP contribution in [-0.2, 0) is 11.3 Å². The highest BCUT2D eigenvalue weighted by Gasteiger charge is 2.21. The fraction of sp³-hybridized carbons (Fsp3) is 0.318. The van der Waals surface area contributed by atoms with Crippen molar-refractivity contribution in [3.8, 4) is 10.4 Å². The number of hydrogen-bond donors (Lipinski definition) is 0. The molecule has 0 unspecified atom stereocenters. The van der Waals surface area contributed by atoms with Gasteiger partial charge in [0, 0.05) is 40.3 Å². The summed E-state index contributed by atoms with van der Waals surface area (Å²) in [7, 11) is 0. The number of nitrogens with zero attached hydrogens (tertiary/aromatic N) is 7. The van der Waals surface area contributed by atoms with Crippen LogP contribution in [0.3, 0.4) is 0 Å². The van der Waals surface area contributed by atoms with Crippen molar-refractivity contribution >= 4 is 50.4 Å². The average Bonchev–Trinajstić information content (AvgIpc) is 3.53. The Morgan fingerprint density at radius 1 is 1.09 bits per heavy atom. The van der Waals surface area contributed by atoms with Crippen LogP contribution in [0.15, 0.2) is 39.1 Å². The summed E-state index contributed by atoms with van der Waals surface area (Å²) in [5, 5.41) is 11.6. The van der Waals surface area contributed by atoms with Gasteiger partial charge in [-0.25, -0.2) is 19.5 Å². The molecule has 0 radical (unpaired) electrons. The molecule has 6 rings (SSSR count). The summed E-state index contributed by atoms with van der Waals surface area (Å²) in [6.45, 7) is 7.99. The van der Waals surface area contributed by atoms with E-state index >= 15 is 0 Å². The minimum absolute atomic E-state index is 0.609. The van der Waals surface area contributed by atoms with Gasteiger partial charge in [0.2, 0.25) is 5.16 Å². The van der Waals surface area contributed by atoms with Gasteiger partial charge in [-0.2, -0.15) is 4.98 Å². The van der Waals surface area contributed by atoms with E-state index in [4.69, 9.17) is 19.8 Å². The lowest BCUT2D eigenvalue weighted by atomic mass is 10.2. The number of ether oxygens (including phenoxy) is 1. The van der Waals surface area contributed by atoms with Crippen LogP contribution in [0, 0.1) is 13.8 Å². The number of aromatic nitrogens is 6. The number of aryl methyl sites for hydroxylation is 2. The molecule has 11 heteroatoms. The topological polar surface area (TPSA) is 81.3 Å². The first kappa shape index (κ1) is 21.1. The number of thiophene rings is 2. The van der Waals surface area contributed by atoms with Crippen LogP contribution in [0.5, 0.6) is 0 Å². The zero-order chi connectivity index (χ0) is 22.4. The van der Waals surface area contributed by atoms with Crippen LogP contribution in [0.4, 0.5) is 0 Å². The van der Waals surface area contributed by atoms with E-state index in [0.29, 0.717) is 17.5 Å². The molecule has 5 aromatic rings. The minimum atomic E-state index is 0.609. The van der Waals surface area contributed by atoms with E-state index in [1.165, 1.54) is 22.2 Å². The largest absolute Gasteiger partial charge is 0.379 e. The predicted octanol–water partition coefficient (Wildman–Crippen LogP) is 4.46. The Balaban J connectivity index is 1.44. The highest BCUT2D eigenvalue weighted by atomic mass is 32.2. The maximum absolute atomic E-state index is 5.49. The second kappa shape index (κ2) is 8.73. The smallest absolute Gasteiger partial charge is 0.253 e. The van der Waals surface area contributed by atoms with Gasteiger partial charge in [0.15, 0.2) is 0 Å². The molecule has 1 aliphatic heterocycles. The summed E-state index contributed by atoms with van der Waals surface area (Å²) in [5.74, 6) is 1.43. The van der Waals surface area contributed by atoms with Gasteiger partial charge in [0.1, 0.15) is 15.7 Å². The molecule has 0 amide bonds. The number of rotatable bonds is 5. The van der Waals surface area contributed by atoms with Gasteiger partial charge in [-0.1, -0.05) is 6.07 Å². The van der Waals surface area contributed by atoms with Crippen LogP contribution in [0.1, 0.15) is 17.2 Å². The third-order valence-electron chi connectivity index (χ3n) is 5.49. The van der Waals surface area contributed by atoms with E-state index in [0.717, 1.165) is 58.8 Å². The summed E-state index contributed by atoms with van der Waals surface area (Å²) < 4.78 is 7.28. The maximum Gasteiger partial charge on any atom is 0.253 e. The van der Waals surface area contributed by atoms with Crippen molar-refractivity contribution < 1.29 is 4.74 Å².